The minimum absolute atomic E-state index is 0.0519. The Kier molecular flexibility index (Phi) is 38.3. The van der Waals surface area contributed by atoms with Crippen LogP contribution in [0, 0.1) is 5.92 Å². The van der Waals surface area contributed by atoms with Crippen molar-refractivity contribution in [1.29, 1.82) is 0 Å². The van der Waals surface area contributed by atoms with Crippen LogP contribution in [0.2, 0.25) is 0 Å². The van der Waals surface area contributed by atoms with E-state index in [1.807, 2.05) is 24.3 Å². The molecule has 7 rings (SSSR count). The zero-order valence-electron chi connectivity index (χ0n) is 66.5. The van der Waals surface area contributed by atoms with E-state index in [1.54, 1.807) is 13.2 Å². The van der Waals surface area contributed by atoms with Crippen molar-refractivity contribution in [3.8, 4) is 39.8 Å². The fraction of sp³-hybridized carbons (Fsp3) is 0.564. The van der Waals surface area contributed by atoms with Gasteiger partial charge in [0.25, 0.3) is 17.1 Å². The highest BCUT2D eigenvalue weighted by atomic mass is 32.3. The highest BCUT2D eigenvalue weighted by molar-refractivity contribution is 8.15. The van der Waals surface area contributed by atoms with Gasteiger partial charge < -0.3 is 115 Å². The first-order chi connectivity index (χ1) is 55.1. The minimum Gasteiger partial charge on any atom is -0.494 e. The molecule has 38 heteroatoms. The minimum atomic E-state index is -4.93. The third-order valence-electron chi connectivity index (χ3n) is 19.5. The van der Waals surface area contributed by atoms with Gasteiger partial charge in [-0.3, -0.25) is 52.1 Å². The highest BCUT2D eigenvalue weighted by Gasteiger charge is 2.50. The summed E-state index contributed by atoms with van der Waals surface area (Å²) in [5.41, 5.74) is 1.35. The Balaban J connectivity index is 0.00000218. The molecule has 4 aromatic rings. The van der Waals surface area contributed by atoms with Gasteiger partial charge in [-0.05, 0) is 115 Å². The highest BCUT2D eigenvalue weighted by Crippen LogP contribution is 2.42. The zero-order chi connectivity index (χ0) is 85.7. The second-order valence-electron chi connectivity index (χ2n) is 29.0. The van der Waals surface area contributed by atoms with Gasteiger partial charge in [0.2, 0.25) is 35.4 Å². The zero-order valence-corrected chi connectivity index (χ0v) is 67.3. The lowest BCUT2D eigenvalue weighted by atomic mass is 9.98. The first kappa shape index (κ1) is 95.5. The molecule has 0 bridgehead atoms. The van der Waals surface area contributed by atoms with E-state index in [-0.39, 0.29) is 24.3 Å². The van der Waals surface area contributed by atoms with Crippen molar-refractivity contribution >= 4 is 64.8 Å². The molecule has 0 radical (unpaired) electrons. The Bertz CT molecular complexity index is 3850. The van der Waals surface area contributed by atoms with Gasteiger partial charge in [0, 0.05) is 99.9 Å². The summed E-state index contributed by atoms with van der Waals surface area (Å²) in [4.78, 5) is 134. The number of ether oxygens (including phenoxy) is 5. The summed E-state index contributed by atoms with van der Waals surface area (Å²) in [6.45, 7) is 17.9. The van der Waals surface area contributed by atoms with Crippen LogP contribution in [0.5, 0.6) is 17.2 Å². The van der Waals surface area contributed by atoms with E-state index in [1.165, 1.54) is 43.3 Å². The number of amides is 8. The molecule has 13 atom stereocenters. The van der Waals surface area contributed by atoms with E-state index in [0.29, 0.717) is 47.0 Å². The van der Waals surface area contributed by atoms with Crippen molar-refractivity contribution < 1.29 is 130 Å². The number of aliphatic hydroxyl groups excluding tert-OH is 8. The van der Waals surface area contributed by atoms with Crippen LogP contribution in [0.1, 0.15) is 116 Å². The molecular weight excluding hydrogens is 1540 g/mol. The first-order valence-corrected chi connectivity index (χ1v) is 39.8. The van der Waals surface area contributed by atoms with Gasteiger partial charge >= 0.3 is 12.2 Å². The maximum atomic E-state index is 15.3. The second kappa shape index (κ2) is 46.5. The summed E-state index contributed by atoms with van der Waals surface area (Å²) in [6.07, 6.45) is -9.44. The van der Waals surface area contributed by atoms with Gasteiger partial charge in [0.1, 0.15) is 60.9 Å². The van der Waals surface area contributed by atoms with Crippen LogP contribution in [0.25, 0.3) is 22.6 Å². The number of aliphatic hydroxyl groups is 8. The van der Waals surface area contributed by atoms with Gasteiger partial charge in [-0.25, -0.2) is 9.59 Å². The van der Waals surface area contributed by atoms with E-state index in [2.05, 4.69) is 84.4 Å². The fourth-order valence-electron chi connectivity index (χ4n) is 13.5. The second-order valence-corrected chi connectivity index (χ2v) is 30.1. The number of methoxy groups -OCH3 is 1. The SMILES string of the molecule is C=CCOC(=O)Oc1ccc(C[C@@H](O)[C@@H]2NC(=O)[C@@H]3C[C@@H](O)CN3C(=O)[C@H]([C@@H](C)O)NC(=O)[C@@H](NC(=O)c3ccc(-c4cc(-c5ccc(OCCCCCCCOC)cc5)on4)cc3)C[C@@H](O)CNC(=O)[C@@H]3[C@@H](O)[C@@H](C)CN3C(=O)[C@H]([C@H](O)CCN(C(=O)OCC=C)C(CO)CO)NC2=O)cc1OS(O)(O)O.CCN(C(C)C)C(C)C. The van der Waals surface area contributed by atoms with Gasteiger partial charge in [-0.2, -0.15) is 0 Å². The number of hydrogen-bond donors (Lipinski definition) is 16. The molecule has 644 valence electrons. The first-order valence-electron chi connectivity index (χ1n) is 38.4. The number of rotatable bonds is 34. The third-order valence-corrected chi connectivity index (χ3v) is 19.9. The molecule has 4 heterocycles. The van der Waals surface area contributed by atoms with Crippen LogP contribution < -0.4 is 40.2 Å². The molecule has 8 amide bonds. The van der Waals surface area contributed by atoms with E-state index >= 15 is 9.59 Å². The molecule has 116 heavy (non-hydrogen) atoms. The molecule has 37 nitrogen and oxygen atoms in total. The number of hydrogen-bond acceptors (Lipinski definition) is 29. The molecule has 16 N–H and O–H groups in total. The van der Waals surface area contributed by atoms with Gasteiger partial charge in [0.15, 0.2) is 17.3 Å². The molecular formula is C78H114N10O27S. The molecule has 1 aromatic heterocycles. The Morgan fingerprint density at radius 1 is 0.707 bits per heavy atom. The number of β-amino-alcohol motifs (C(OH)–C–C–N with tert-alkyl or cyclic N) is 1. The summed E-state index contributed by atoms with van der Waals surface area (Å²) < 4.78 is 66.3. The number of nitrogens with one attached hydrogen (secondary N) is 5. The number of carbonyl (C=O) groups is 9. The number of benzene rings is 3. The smallest absolute Gasteiger partial charge is 0.494 e. The van der Waals surface area contributed by atoms with E-state index < -0.39 is 226 Å². The van der Waals surface area contributed by atoms with E-state index in [4.69, 9.17) is 32.4 Å². The van der Waals surface area contributed by atoms with Crippen molar-refractivity contribution in [1.82, 2.24) is 51.3 Å². The average molecular weight is 1660 g/mol. The lowest BCUT2D eigenvalue weighted by Gasteiger charge is -2.35. The average Bonchev–Trinajstić information content (AvgIpc) is 1.63. The van der Waals surface area contributed by atoms with Gasteiger partial charge in [-0.15, -0.1) is 0 Å². The van der Waals surface area contributed by atoms with Crippen molar-refractivity contribution in [3.05, 3.63) is 109 Å². The predicted octanol–water partition coefficient (Wildman–Crippen LogP) is 2.64. The van der Waals surface area contributed by atoms with Crippen molar-refractivity contribution in [2.75, 3.05) is 79.5 Å². The topological polar surface area (TPSA) is 531 Å². The molecule has 3 saturated heterocycles. The molecule has 0 spiro atoms. The Morgan fingerprint density at radius 2 is 1.32 bits per heavy atom. The van der Waals surface area contributed by atoms with Crippen LogP contribution in [0.3, 0.4) is 0 Å². The Hall–Kier alpha value is -9.39. The van der Waals surface area contributed by atoms with Crippen LogP contribution in [-0.4, -0.2) is 303 Å². The van der Waals surface area contributed by atoms with Crippen LogP contribution >= 0.6 is 11.2 Å². The van der Waals surface area contributed by atoms with Crippen LogP contribution in [0.4, 0.5) is 9.59 Å². The molecule has 3 fully saturated rings. The van der Waals surface area contributed by atoms with Crippen LogP contribution in [0.15, 0.2) is 103 Å². The molecule has 0 unspecified atom stereocenters. The van der Waals surface area contributed by atoms with E-state index in [9.17, 15) is 88.1 Å². The third kappa shape index (κ3) is 28.2. The molecule has 3 aromatic carbocycles. The largest absolute Gasteiger partial charge is 0.514 e. The maximum Gasteiger partial charge on any atom is 0.514 e. The fourth-order valence-corrected chi connectivity index (χ4v) is 13.9. The number of aromatic nitrogens is 1. The Labute approximate surface area is 675 Å². The monoisotopic (exact) mass is 1650 g/mol. The molecule has 0 saturated carbocycles. The Morgan fingerprint density at radius 3 is 1.92 bits per heavy atom. The van der Waals surface area contributed by atoms with Crippen molar-refractivity contribution in [2.24, 2.45) is 5.92 Å². The standard InChI is InChI=1S/C70H95N9O27S.C8H19N/c1-6-25-102-69(95)77(45(37-80)38-81)24-23-52(85)59-68(94)79-35-39(3)61(87)60(79)66(92)71-34-46(83)31-50(72-62(88)44-16-14-42(15-17-44)49-33-55(105-76-49)43-18-20-48(21-19-43)101-28-12-10-8-9-11-27-100-5)63(89)73-57(40(4)82)67(93)78-36-47(84)32-51(78)64(90)74-58(65(91)75-59)53(86)29-41-13-22-54(104-70(96)103-26-7-2)56(30-41)106-107(97,98)99;1-6-9(7(2)3)8(4)5/h6-7,13-22,30,33,39-40,45-47,50-53,57-61,80-87,97-99H,1-2,8-12,23-29,31-32,34-38H2,3-5H3,(H,71,92)(H,72,88)(H,73,89)(H,74,90)(H,75,91);7-8H,6H2,1-5H3/t39-,40+,46+,47+,50-,51-,52+,53+,57-,58-,59-,60-,61-;/m0./s1. The van der Waals surface area contributed by atoms with Crippen LogP contribution in [-0.2, 0) is 49.4 Å². The van der Waals surface area contributed by atoms with Crippen molar-refractivity contribution in [2.45, 2.75) is 197 Å². The molecule has 0 aliphatic carbocycles. The quantitative estimate of drug-likeness (QED) is 0.0138. The van der Waals surface area contributed by atoms with Crippen molar-refractivity contribution in [3.63, 3.8) is 0 Å². The number of carbonyl (C=O) groups excluding carboxylic acids is 9. The maximum absolute atomic E-state index is 15.3. The number of nitrogens with zero attached hydrogens (tertiary/aromatic N) is 5. The van der Waals surface area contributed by atoms with E-state index in [0.717, 1.165) is 85.1 Å². The predicted molar refractivity (Wildman–Crippen MR) is 421 cm³/mol. The lowest BCUT2D eigenvalue weighted by molar-refractivity contribution is -0.147. The summed E-state index contributed by atoms with van der Waals surface area (Å²) in [5, 5.41) is 107. The lowest BCUT2D eigenvalue weighted by Crippen LogP contribution is -2.64. The summed E-state index contributed by atoms with van der Waals surface area (Å²) >= 11 is -4.93. The normalized spacial score (nSPS) is 22.1. The van der Waals surface area contributed by atoms with Gasteiger partial charge in [-0.1, -0.05) is 81.8 Å². The number of unbranched alkanes of at least 4 members (excludes halogenated alkanes) is 4. The number of fused-ring (bicyclic) bond motifs is 2. The summed E-state index contributed by atoms with van der Waals surface area (Å²) in [5.74, 6) is -10.1. The molecule has 3 aliphatic rings. The van der Waals surface area contributed by atoms with Gasteiger partial charge in [0.05, 0.1) is 62.5 Å². The summed E-state index contributed by atoms with van der Waals surface area (Å²) in [6, 6.07) is 5.35. The molecule has 3 aliphatic heterocycles. The summed E-state index contributed by atoms with van der Waals surface area (Å²) in [7, 11) is 1.68.